The van der Waals surface area contributed by atoms with E-state index in [1.165, 1.54) is 6.92 Å². The molecule has 1 rings (SSSR count). The molecule has 0 radical (unpaired) electrons. The molecule has 1 amide bonds. The highest BCUT2D eigenvalue weighted by molar-refractivity contribution is 5.75. The van der Waals surface area contributed by atoms with Crippen LogP contribution in [-0.2, 0) is 16.6 Å². The van der Waals surface area contributed by atoms with Gasteiger partial charge in [-0.2, -0.15) is 5.10 Å². The van der Waals surface area contributed by atoms with Crippen LogP contribution < -0.4 is 5.32 Å². The molecule has 1 aromatic rings. The minimum absolute atomic E-state index is 0.147. The Morgan fingerprint density at radius 2 is 2.25 bits per heavy atom. The molecule has 0 aliphatic carbocycles. The van der Waals surface area contributed by atoms with Crippen LogP contribution in [0.4, 0.5) is 0 Å². The first kappa shape index (κ1) is 12.2. The van der Waals surface area contributed by atoms with Crippen LogP contribution >= 0.6 is 0 Å². The average Bonchev–Trinajstić information content (AvgIpc) is 2.45. The van der Waals surface area contributed by atoms with Gasteiger partial charge in [-0.15, -0.1) is 0 Å². The lowest BCUT2D eigenvalue weighted by molar-refractivity contribution is -0.137. The number of hydrogen-bond donors (Lipinski definition) is 2. The number of amides is 1. The van der Waals surface area contributed by atoms with Gasteiger partial charge in [0, 0.05) is 25.2 Å². The number of carbonyl (C=O) groups excluding carboxylic acids is 1. The average molecular weight is 225 g/mol. The number of nitrogens with zero attached hydrogens (tertiary/aromatic N) is 2. The highest BCUT2D eigenvalue weighted by Gasteiger charge is 2.20. The van der Waals surface area contributed by atoms with Crippen LogP contribution in [0.15, 0.2) is 6.20 Å². The Kier molecular flexibility index (Phi) is 3.65. The molecule has 0 aliphatic rings. The quantitative estimate of drug-likeness (QED) is 0.775. The lowest BCUT2D eigenvalue weighted by Crippen LogP contribution is -2.28. The van der Waals surface area contributed by atoms with Crippen molar-refractivity contribution in [2.75, 3.05) is 0 Å². The summed E-state index contributed by atoms with van der Waals surface area (Å²) in [6, 6.07) is -0.524. The van der Waals surface area contributed by atoms with Crippen LogP contribution in [0.2, 0.25) is 0 Å². The lowest BCUT2D eigenvalue weighted by atomic mass is 10.0. The van der Waals surface area contributed by atoms with Gasteiger partial charge in [-0.1, -0.05) is 0 Å². The fourth-order valence-corrected chi connectivity index (χ4v) is 1.52. The molecule has 0 fully saturated rings. The van der Waals surface area contributed by atoms with Gasteiger partial charge in [-0.25, -0.2) is 0 Å². The van der Waals surface area contributed by atoms with Gasteiger partial charge in [-0.05, 0) is 6.92 Å². The fourth-order valence-electron chi connectivity index (χ4n) is 1.52. The van der Waals surface area contributed by atoms with E-state index in [9.17, 15) is 9.59 Å². The standard InChI is InChI=1S/C10H15N3O3/c1-6-8(5-11-13(6)3)9(4-10(15)16)12-7(2)14/h5,9H,4H2,1-3H3,(H,12,14)(H,15,16)/t9-/m1/s1. The largest absolute Gasteiger partial charge is 0.481 e. The van der Waals surface area contributed by atoms with E-state index in [0.717, 1.165) is 11.3 Å². The minimum atomic E-state index is -0.956. The number of hydrogen-bond acceptors (Lipinski definition) is 3. The van der Waals surface area contributed by atoms with E-state index in [2.05, 4.69) is 10.4 Å². The van der Waals surface area contributed by atoms with Gasteiger partial charge < -0.3 is 10.4 Å². The van der Waals surface area contributed by atoms with Crippen molar-refractivity contribution < 1.29 is 14.7 Å². The smallest absolute Gasteiger partial charge is 0.305 e. The van der Waals surface area contributed by atoms with Crippen LogP contribution in [0.3, 0.4) is 0 Å². The van der Waals surface area contributed by atoms with Crippen LogP contribution in [-0.4, -0.2) is 26.8 Å². The number of aryl methyl sites for hydroxylation is 1. The number of aromatic nitrogens is 2. The minimum Gasteiger partial charge on any atom is -0.481 e. The Labute approximate surface area is 93.3 Å². The van der Waals surface area contributed by atoms with Crippen molar-refractivity contribution in [2.24, 2.45) is 7.05 Å². The Morgan fingerprint density at radius 3 is 2.62 bits per heavy atom. The Bertz CT molecular complexity index is 395. The molecular formula is C10H15N3O3. The van der Waals surface area contributed by atoms with E-state index in [1.807, 2.05) is 6.92 Å². The third kappa shape index (κ3) is 2.82. The second-order valence-corrected chi connectivity index (χ2v) is 3.66. The van der Waals surface area contributed by atoms with E-state index in [0.29, 0.717) is 0 Å². The summed E-state index contributed by atoms with van der Waals surface area (Å²) in [5, 5.41) is 15.4. The SMILES string of the molecule is CC(=O)N[C@H](CC(=O)O)c1cnn(C)c1C. The van der Waals surface area contributed by atoms with Crippen molar-refractivity contribution in [3.63, 3.8) is 0 Å². The van der Waals surface area contributed by atoms with E-state index in [1.54, 1.807) is 17.9 Å². The topological polar surface area (TPSA) is 84.2 Å². The zero-order chi connectivity index (χ0) is 12.3. The Hall–Kier alpha value is -1.85. The monoisotopic (exact) mass is 225 g/mol. The van der Waals surface area contributed by atoms with Crippen molar-refractivity contribution in [1.29, 1.82) is 0 Å². The number of nitrogens with one attached hydrogen (secondary N) is 1. The second kappa shape index (κ2) is 4.78. The Balaban J connectivity index is 2.95. The molecule has 0 bridgehead atoms. The van der Waals surface area contributed by atoms with Crippen LogP contribution in [0, 0.1) is 6.92 Å². The molecule has 1 atom stereocenters. The second-order valence-electron chi connectivity index (χ2n) is 3.66. The molecule has 6 nitrogen and oxygen atoms in total. The van der Waals surface area contributed by atoms with E-state index >= 15 is 0 Å². The molecule has 2 N–H and O–H groups in total. The first-order chi connectivity index (χ1) is 7.41. The molecule has 0 aromatic carbocycles. The third-order valence-electron chi connectivity index (χ3n) is 2.40. The van der Waals surface area contributed by atoms with Crippen LogP contribution in [0.1, 0.15) is 30.6 Å². The molecule has 0 unspecified atom stereocenters. The van der Waals surface area contributed by atoms with Gasteiger partial charge in [0.25, 0.3) is 0 Å². The number of carbonyl (C=O) groups is 2. The van der Waals surface area contributed by atoms with E-state index in [4.69, 9.17) is 5.11 Å². The molecule has 0 saturated carbocycles. The van der Waals surface area contributed by atoms with Gasteiger partial charge in [0.05, 0.1) is 18.7 Å². The van der Waals surface area contributed by atoms with Crippen molar-refractivity contribution in [1.82, 2.24) is 15.1 Å². The van der Waals surface area contributed by atoms with Gasteiger partial charge in [-0.3, -0.25) is 14.3 Å². The normalized spacial score (nSPS) is 12.2. The summed E-state index contributed by atoms with van der Waals surface area (Å²) >= 11 is 0. The van der Waals surface area contributed by atoms with Crippen molar-refractivity contribution in [3.8, 4) is 0 Å². The molecule has 6 heteroatoms. The summed E-state index contributed by atoms with van der Waals surface area (Å²) < 4.78 is 1.64. The van der Waals surface area contributed by atoms with Crippen LogP contribution in [0.5, 0.6) is 0 Å². The van der Waals surface area contributed by atoms with Crippen molar-refractivity contribution >= 4 is 11.9 Å². The van der Waals surface area contributed by atoms with Crippen LogP contribution in [0.25, 0.3) is 0 Å². The summed E-state index contributed by atoms with van der Waals surface area (Å²) in [4.78, 5) is 21.7. The maximum Gasteiger partial charge on any atom is 0.305 e. The molecular weight excluding hydrogens is 210 g/mol. The summed E-state index contributed by atoms with van der Waals surface area (Å²) in [6.07, 6.45) is 1.44. The first-order valence-corrected chi connectivity index (χ1v) is 4.89. The molecule has 16 heavy (non-hydrogen) atoms. The predicted octanol–water partition coefficient (Wildman–Crippen LogP) is 0.380. The molecule has 1 aromatic heterocycles. The molecule has 0 spiro atoms. The lowest BCUT2D eigenvalue weighted by Gasteiger charge is -2.15. The fraction of sp³-hybridized carbons (Fsp3) is 0.500. The Morgan fingerprint density at radius 1 is 1.62 bits per heavy atom. The van der Waals surface area contributed by atoms with Crippen molar-refractivity contribution in [3.05, 3.63) is 17.5 Å². The first-order valence-electron chi connectivity index (χ1n) is 4.89. The molecule has 0 saturated heterocycles. The summed E-state index contributed by atoms with van der Waals surface area (Å²) in [5.74, 6) is -1.21. The van der Waals surface area contributed by atoms with Gasteiger partial charge in [0.15, 0.2) is 0 Å². The van der Waals surface area contributed by atoms with Gasteiger partial charge in [0.2, 0.25) is 5.91 Å². The highest BCUT2D eigenvalue weighted by atomic mass is 16.4. The summed E-state index contributed by atoms with van der Waals surface area (Å²) in [7, 11) is 1.77. The van der Waals surface area contributed by atoms with Gasteiger partial charge in [0.1, 0.15) is 0 Å². The summed E-state index contributed by atoms with van der Waals surface area (Å²) in [5.41, 5.74) is 1.58. The molecule has 88 valence electrons. The molecule has 1 heterocycles. The van der Waals surface area contributed by atoms with E-state index in [-0.39, 0.29) is 12.3 Å². The maximum absolute atomic E-state index is 11.0. The maximum atomic E-state index is 11.0. The number of rotatable bonds is 4. The predicted molar refractivity (Wildman–Crippen MR) is 56.8 cm³/mol. The van der Waals surface area contributed by atoms with Gasteiger partial charge >= 0.3 is 5.97 Å². The highest BCUT2D eigenvalue weighted by Crippen LogP contribution is 2.19. The number of carboxylic acid groups (broad SMARTS) is 1. The summed E-state index contributed by atoms with van der Waals surface area (Å²) in [6.45, 7) is 3.19. The zero-order valence-electron chi connectivity index (χ0n) is 9.52. The zero-order valence-corrected chi connectivity index (χ0v) is 9.52. The van der Waals surface area contributed by atoms with E-state index < -0.39 is 12.0 Å². The molecule has 0 aliphatic heterocycles. The third-order valence-corrected chi connectivity index (χ3v) is 2.40. The van der Waals surface area contributed by atoms with Crippen molar-refractivity contribution in [2.45, 2.75) is 26.3 Å². The number of carboxylic acids is 1. The number of aliphatic carboxylic acids is 1.